The quantitative estimate of drug-likeness (QED) is 0.317. The number of aromatic hydroxyl groups is 2. The molecule has 31 heavy (non-hydrogen) atoms. The van der Waals surface area contributed by atoms with Gasteiger partial charge in [0, 0.05) is 29.1 Å². The molecule has 2 aromatic heterocycles. The Morgan fingerprint density at radius 2 is 1.45 bits per heavy atom. The van der Waals surface area contributed by atoms with Crippen LogP contribution in [0.1, 0.15) is 17.9 Å². The summed E-state index contributed by atoms with van der Waals surface area (Å²) < 4.78 is 6.11. The molecule has 5 nitrogen and oxygen atoms in total. The first-order valence-electron chi connectivity index (χ1n) is 10.3. The van der Waals surface area contributed by atoms with Crippen molar-refractivity contribution in [2.45, 2.75) is 19.3 Å². The zero-order chi connectivity index (χ0) is 21.2. The molecule has 0 fully saturated rings. The standard InChI is InChI=1S/C26H22N2O3/c29-22-13-5-2-10-19(22)25-26(20-11-3-6-14-23(20)30)31-24(28-25)15-7-8-17-16-27-21-12-4-1-9-18(17)21/h1-6,9-14,16,27,29-30H,7-8,15H2. The van der Waals surface area contributed by atoms with Crippen molar-refractivity contribution in [2.75, 3.05) is 0 Å². The zero-order valence-electron chi connectivity index (χ0n) is 16.9. The molecule has 0 bridgehead atoms. The van der Waals surface area contributed by atoms with Gasteiger partial charge in [-0.15, -0.1) is 0 Å². The van der Waals surface area contributed by atoms with Crippen molar-refractivity contribution in [3.8, 4) is 34.1 Å². The largest absolute Gasteiger partial charge is 0.507 e. The van der Waals surface area contributed by atoms with Crippen LogP contribution in [-0.4, -0.2) is 20.2 Å². The summed E-state index contributed by atoms with van der Waals surface area (Å²) in [4.78, 5) is 8.01. The van der Waals surface area contributed by atoms with Crippen molar-refractivity contribution in [1.82, 2.24) is 9.97 Å². The summed E-state index contributed by atoms with van der Waals surface area (Å²) in [5, 5.41) is 22.0. The smallest absolute Gasteiger partial charge is 0.195 e. The highest BCUT2D eigenvalue weighted by atomic mass is 16.4. The maximum Gasteiger partial charge on any atom is 0.195 e. The minimum atomic E-state index is 0.112. The average Bonchev–Trinajstić information content (AvgIpc) is 3.39. The van der Waals surface area contributed by atoms with Crippen LogP contribution in [-0.2, 0) is 12.8 Å². The summed E-state index contributed by atoms with van der Waals surface area (Å²) >= 11 is 0. The molecule has 5 aromatic rings. The minimum absolute atomic E-state index is 0.112. The summed E-state index contributed by atoms with van der Waals surface area (Å²) in [6.07, 6.45) is 4.46. The Labute approximate surface area is 179 Å². The van der Waals surface area contributed by atoms with Crippen LogP contribution in [0.5, 0.6) is 11.5 Å². The number of nitrogens with zero attached hydrogens (tertiary/aromatic N) is 1. The number of aryl methyl sites for hydroxylation is 2. The van der Waals surface area contributed by atoms with E-state index in [0.29, 0.717) is 34.9 Å². The maximum absolute atomic E-state index is 10.4. The lowest BCUT2D eigenvalue weighted by molar-refractivity contribution is 0.467. The second kappa shape index (κ2) is 8.03. The molecule has 0 aliphatic heterocycles. The monoisotopic (exact) mass is 410 g/mol. The molecule has 0 saturated carbocycles. The third-order valence-electron chi connectivity index (χ3n) is 5.49. The van der Waals surface area contributed by atoms with E-state index in [0.717, 1.165) is 18.4 Å². The number of phenols is 2. The number of rotatable bonds is 6. The highest BCUT2D eigenvalue weighted by Crippen LogP contribution is 2.40. The molecule has 0 saturated heterocycles. The van der Waals surface area contributed by atoms with Crippen LogP contribution in [0.15, 0.2) is 83.4 Å². The third-order valence-corrected chi connectivity index (χ3v) is 5.49. The highest BCUT2D eigenvalue weighted by Gasteiger charge is 2.21. The van der Waals surface area contributed by atoms with E-state index in [9.17, 15) is 10.2 Å². The lowest BCUT2D eigenvalue weighted by atomic mass is 10.0. The van der Waals surface area contributed by atoms with Gasteiger partial charge in [-0.25, -0.2) is 4.98 Å². The predicted octanol–water partition coefficient (Wildman–Crippen LogP) is 6.08. The van der Waals surface area contributed by atoms with Gasteiger partial charge in [0.15, 0.2) is 11.7 Å². The van der Waals surface area contributed by atoms with Crippen LogP contribution in [0.2, 0.25) is 0 Å². The lowest BCUT2D eigenvalue weighted by Crippen LogP contribution is -1.90. The molecule has 0 atom stereocenters. The van der Waals surface area contributed by atoms with Gasteiger partial charge in [0.25, 0.3) is 0 Å². The van der Waals surface area contributed by atoms with E-state index in [2.05, 4.69) is 23.3 Å². The number of phenolic OH excluding ortho intramolecular Hbond substituents is 2. The van der Waals surface area contributed by atoms with Crippen LogP contribution in [0.4, 0.5) is 0 Å². The first kappa shape index (κ1) is 19.0. The van der Waals surface area contributed by atoms with Gasteiger partial charge in [-0.1, -0.05) is 42.5 Å². The Morgan fingerprint density at radius 1 is 0.774 bits per heavy atom. The van der Waals surface area contributed by atoms with Crippen molar-refractivity contribution in [3.63, 3.8) is 0 Å². The fourth-order valence-corrected chi connectivity index (χ4v) is 3.94. The Hall–Kier alpha value is -3.99. The minimum Gasteiger partial charge on any atom is -0.507 e. The summed E-state index contributed by atoms with van der Waals surface area (Å²) in [6, 6.07) is 22.3. The van der Waals surface area contributed by atoms with E-state index in [1.807, 2.05) is 24.3 Å². The van der Waals surface area contributed by atoms with Crippen molar-refractivity contribution in [3.05, 3.63) is 90.4 Å². The van der Waals surface area contributed by atoms with E-state index in [4.69, 9.17) is 9.40 Å². The number of para-hydroxylation sites is 3. The number of aromatic amines is 1. The highest BCUT2D eigenvalue weighted by molar-refractivity contribution is 5.83. The summed E-state index contributed by atoms with van der Waals surface area (Å²) in [7, 11) is 0. The second-order valence-electron chi connectivity index (χ2n) is 7.53. The van der Waals surface area contributed by atoms with Crippen molar-refractivity contribution >= 4 is 10.9 Å². The summed E-state index contributed by atoms with van der Waals surface area (Å²) in [6.45, 7) is 0. The van der Waals surface area contributed by atoms with Gasteiger partial charge < -0.3 is 19.6 Å². The van der Waals surface area contributed by atoms with E-state index >= 15 is 0 Å². The molecule has 0 unspecified atom stereocenters. The van der Waals surface area contributed by atoms with Gasteiger partial charge in [-0.05, 0) is 48.7 Å². The average molecular weight is 410 g/mol. The number of hydrogen-bond acceptors (Lipinski definition) is 4. The predicted molar refractivity (Wildman–Crippen MR) is 121 cm³/mol. The fraction of sp³-hybridized carbons (Fsp3) is 0.115. The summed E-state index contributed by atoms with van der Waals surface area (Å²) in [5.74, 6) is 1.27. The van der Waals surface area contributed by atoms with E-state index in [1.54, 1.807) is 36.4 Å². The number of benzene rings is 3. The number of aromatic nitrogens is 2. The van der Waals surface area contributed by atoms with Gasteiger partial charge in [0.05, 0.1) is 5.56 Å². The first-order valence-corrected chi connectivity index (χ1v) is 10.3. The Balaban J connectivity index is 1.45. The molecule has 0 amide bonds. The molecule has 5 rings (SSSR count). The van der Waals surface area contributed by atoms with Crippen LogP contribution in [0.25, 0.3) is 33.5 Å². The number of H-pyrrole nitrogens is 1. The Morgan fingerprint density at radius 3 is 2.23 bits per heavy atom. The fourth-order valence-electron chi connectivity index (χ4n) is 3.94. The Bertz CT molecular complexity index is 1290. The van der Waals surface area contributed by atoms with Gasteiger partial charge in [0.1, 0.15) is 17.2 Å². The first-order chi connectivity index (χ1) is 15.2. The molecular formula is C26H22N2O3. The Kier molecular flexibility index (Phi) is 4.92. The van der Waals surface area contributed by atoms with Crippen LogP contribution < -0.4 is 0 Å². The van der Waals surface area contributed by atoms with E-state index < -0.39 is 0 Å². The summed E-state index contributed by atoms with van der Waals surface area (Å²) in [5.41, 5.74) is 4.06. The maximum atomic E-state index is 10.4. The molecule has 5 heteroatoms. The molecular weight excluding hydrogens is 388 g/mol. The molecule has 154 valence electrons. The molecule has 0 aliphatic carbocycles. The van der Waals surface area contributed by atoms with Gasteiger partial charge >= 0.3 is 0 Å². The van der Waals surface area contributed by atoms with E-state index in [1.165, 1.54) is 10.9 Å². The number of hydrogen-bond donors (Lipinski definition) is 3. The molecule has 3 aromatic carbocycles. The number of fused-ring (bicyclic) bond motifs is 1. The van der Waals surface area contributed by atoms with Crippen LogP contribution in [0, 0.1) is 0 Å². The zero-order valence-corrected chi connectivity index (χ0v) is 16.9. The van der Waals surface area contributed by atoms with Crippen LogP contribution >= 0.6 is 0 Å². The topological polar surface area (TPSA) is 82.3 Å². The second-order valence-corrected chi connectivity index (χ2v) is 7.53. The number of oxazole rings is 1. The van der Waals surface area contributed by atoms with E-state index in [-0.39, 0.29) is 11.5 Å². The lowest BCUT2D eigenvalue weighted by Gasteiger charge is -2.05. The normalized spacial score (nSPS) is 11.2. The molecule has 0 spiro atoms. The van der Waals surface area contributed by atoms with Crippen molar-refractivity contribution in [2.24, 2.45) is 0 Å². The molecule has 0 radical (unpaired) electrons. The third kappa shape index (κ3) is 3.66. The van der Waals surface area contributed by atoms with Gasteiger partial charge in [-0.2, -0.15) is 0 Å². The van der Waals surface area contributed by atoms with Crippen molar-refractivity contribution in [1.29, 1.82) is 0 Å². The SMILES string of the molecule is Oc1ccccc1-c1nc(CCCc2c[nH]c3ccccc23)oc1-c1ccccc1O. The molecule has 3 N–H and O–H groups in total. The molecule has 2 heterocycles. The molecule has 0 aliphatic rings. The van der Waals surface area contributed by atoms with Crippen molar-refractivity contribution < 1.29 is 14.6 Å². The number of nitrogens with one attached hydrogen (secondary N) is 1. The van der Waals surface area contributed by atoms with Gasteiger partial charge in [-0.3, -0.25) is 0 Å². The van der Waals surface area contributed by atoms with Crippen LogP contribution in [0.3, 0.4) is 0 Å². The van der Waals surface area contributed by atoms with Gasteiger partial charge in [0.2, 0.25) is 0 Å².